The Morgan fingerprint density at radius 2 is 1.93 bits per heavy atom. The van der Waals surface area contributed by atoms with Crippen molar-refractivity contribution in [2.75, 3.05) is 39.2 Å². The average Bonchev–Trinajstić information content (AvgIpc) is 3.00. The van der Waals surface area contributed by atoms with Gasteiger partial charge >= 0.3 is 0 Å². The Hall–Kier alpha value is -2.61. The highest BCUT2D eigenvalue weighted by Crippen LogP contribution is 2.23. The van der Waals surface area contributed by atoms with Crippen molar-refractivity contribution in [1.29, 1.82) is 0 Å². The molecular weight excluding hydrogens is 358 g/mol. The Labute approximate surface area is 165 Å². The molecule has 0 bridgehead atoms. The predicted octanol–water partition coefficient (Wildman–Crippen LogP) is 2.27. The predicted molar refractivity (Wildman–Crippen MR) is 107 cm³/mol. The smallest absolute Gasteiger partial charge is 0.257 e. The van der Waals surface area contributed by atoms with Crippen LogP contribution in [0.3, 0.4) is 0 Å². The minimum absolute atomic E-state index is 0.104. The van der Waals surface area contributed by atoms with E-state index in [2.05, 4.69) is 19.9 Å². The summed E-state index contributed by atoms with van der Waals surface area (Å²) in [7, 11) is 3.27. The molecule has 8 nitrogen and oxygen atoms in total. The van der Waals surface area contributed by atoms with Crippen LogP contribution in [0.5, 0.6) is 5.88 Å². The van der Waals surface area contributed by atoms with Crippen molar-refractivity contribution in [2.45, 2.75) is 39.3 Å². The van der Waals surface area contributed by atoms with Gasteiger partial charge in [0.25, 0.3) is 11.8 Å². The first-order valence-electron chi connectivity index (χ1n) is 9.61. The molecule has 28 heavy (non-hydrogen) atoms. The Morgan fingerprint density at radius 1 is 1.21 bits per heavy atom. The Bertz CT molecular complexity index is 812. The third-order valence-corrected chi connectivity index (χ3v) is 5.30. The topological polar surface area (TPSA) is 81.5 Å². The number of carbonyl (C=O) groups excluding carboxylic acids is 1. The second-order valence-electron chi connectivity index (χ2n) is 7.05. The van der Waals surface area contributed by atoms with E-state index < -0.39 is 0 Å². The van der Waals surface area contributed by atoms with Crippen molar-refractivity contribution in [3.63, 3.8) is 0 Å². The van der Waals surface area contributed by atoms with Gasteiger partial charge in [0.2, 0.25) is 0 Å². The van der Waals surface area contributed by atoms with Crippen LogP contribution >= 0.6 is 0 Å². The summed E-state index contributed by atoms with van der Waals surface area (Å²) < 4.78 is 12.6. The maximum Gasteiger partial charge on any atom is 0.257 e. The molecule has 0 aromatic carbocycles. The zero-order valence-corrected chi connectivity index (χ0v) is 17.1. The van der Waals surface area contributed by atoms with Gasteiger partial charge in [-0.3, -0.25) is 4.79 Å². The maximum atomic E-state index is 13.0. The minimum Gasteiger partial charge on any atom is -0.478 e. The van der Waals surface area contributed by atoms with Crippen molar-refractivity contribution in [2.24, 2.45) is 0 Å². The lowest BCUT2D eigenvalue weighted by Gasteiger charge is -2.32. The van der Waals surface area contributed by atoms with Gasteiger partial charge in [-0.25, -0.2) is 9.97 Å². The van der Waals surface area contributed by atoms with Gasteiger partial charge in [0.05, 0.1) is 19.3 Å². The lowest BCUT2D eigenvalue weighted by atomic mass is 10.0. The number of carbonyl (C=O) groups is 1. The molecule has 0 saturated carbocycles. The molecule has 0 atom stereocenters. The molecule has 2 aromatic rings. The van der Waals surface area contributed by atoms with Crippen molar-refractivity contribution >= 4 is 11.7 Å². The summed E-state index contributed by atoms with van der Waals surface area (Å²) in [5.74, 6) is 1.24. The van der Waals surface area contributed by atoms with Crippen molar-refractivity contribution in [3.05, 3.63) is 35.4 Å². The lowest BCUT2D eigenvalue weighted by Crippen LogP contribution is -2.42. The van der Waals surface area contributed by atoms with E-state index in [0.29, 0.717) is 31.4 Å². The molecule has 1 aliphatic rings. The van der Waals surface area contributed by atoms with E-state index in [0.717, 1.165) is 36.3 Å². The standard InChI is InChI=1S/C20H29N5O3/c1-14-13-17(15(2)25(14)11-12-27-3)20(26)24-9-5-16(6-10-24)23-18-19(28-4)22-8-7-21-18/h7-8,13,16H,5-6,9-12H2,1-4H3,(H,21,23). The quantitative estimate of drug-likeness (QED) is 0.785. The molecule has 3 heterocycles. The number of likely N-dealkylation sites (tertiary alicyclic amines) is 1. The highest BCUT2D eigenvalue weighted by atomic mass is 16.5. The molecule has 0 spiro atoms. The fourth-order valence-electron chi connectivity index (χ4n) is 3.71. The first kappa shape index (κ1) is 20.1. The molecule has 1 aliphatic heterocycles. The number of aromatic nitrogens is 3. The summed E-state index contributed by atoms with van der Waals surface area (Å²) in [6, 6.07) is 2.23. The van der Waals surface area contributed by atoms with E-state index in [9.17, 15) is 4.79 Å². The van der Waals surface area contributed by atoms with Gasteiger partial charge in [0.1, 0.15) is 0 Å². The SMILES string of the molecule is COCCn1c(C)cc(C(=O)N2CCC(Nc3nccnc3OC)CC2)c1C. The molecule has 0 aliphatic carbocycles. The normalized spacial score (nSPS) is 14.9. The van der Waals surface area contributed by atoms with E-state index in [1.807, 2.05) is 24.8 Å². The summed E-state index contributed by atoms with van der Waals surface area (Å²) in [6.07, 6.45) is 4.96. The second kappa shape index (κ2) is 9.05. The van der Waals surface area contributed by atoms with Crippen LogP contribution in [0.1, 0.15) is 34.6 Å². The first-order valence-corrected chi connectivity index (χ1v) is 9.61. The van der Waals surface area contributed by atoms with Crippen LogP contribution in [0.4, 0.5) is 5.82 Å². The molecule has 1 N–H and O–H groups in total. The number of rotatable bonds is 7. The van der Waals surface area contributed by atoms with Crippen LogP contribution in [0.2, 0.25) is 0 Å². The summed E-state index contributed by atoms with van der Waals surface area (Å²) in [6.45, 7) is 6.84. The van der Waals surface area contributed by atoms with E-state index in [1.54, 1.807) is 26.6 Å². The molecule has 3 rings (SSSR count). The van der Waals surface area contributed by atoms with Crippen LogP contribution in [-0.2, 0) is 11.3 Å². The largest absolute Gasteiger partial charge is 0.478 e. The fraction of sp³-hybridized carbons (Fsp3) is 0.550. The molecule has 152 valence electrons. The average molecular weight is 387 g/mol. The number of ether oxygens (including phenoxy) is 2. The molecule has 1 saturated heterocycles. The number of hydrogen-bond donors (Lipinski definition) is 1. The van der Waals surface area contributed by atoms with E-state index in [-0.39, 0.29) is 11.9 Å². The van der Waals surface area contributed by atoms with Crippen LogP contribution in [0, 0.1) is 13.8 Å². The van der Waals surface area contributed by atoms with Gasteiger partial charge < -0.3 is 24.3 Å². The molecule has 0 radical (unpaired) electrons. The van der Waals surface area contributed by atoms with Crippen LogP contribution in [0.15, 0.2) is 18.5 Å². The number of anilines is 1. The third-order valence-electron chi connectivity index (χ3n) is 5.30. The number of piperidine rings is 1. The zero-order chi connectivity index (χ0) is 20.1. The highest BCUT2D eigenvalue weighted by Gasteiger charge is 2.26. The molecular formula is C20H29N5O3. The van der Waals surface area contributed by atoms with Crippen LogP contribution in [0.25, 0.3) is 0 Å². The summed E-state index contributed by atoms with van der Waals surface area (Å²) in [5, 5.41) is 3.39. The molecule has 0 unspecified atom stereocenters. The van der Waals surface area contributed by atoms with Gasteiger partial charge in [-0.05, 0) is 32.8 Å². The number of nitrogens with one attached hydrogen (secondary N) is 1. The van der Waals surface area contributed by atoms with Gasteiger partial charge in [0, 0.05) is 56.6 Å². The minimum atomic E-state index is 0.104. The van der Waals surface area contributed by atoms with Crippen molar-refractivity contribution in [1.82, 2.24) is 19.4 Å². The van der Waals surface area contributed by atoms with Gasteiger partial charge in [-0.2, -0.15) is 0 Å². The fourth-order valence-corrected chi connectivity index (χ4v) is 3.71. The Balaban J connectivity index is 1.61. The molecule has 1 fully saturated rings. The summed E-state index contributed by atoms with van der Waals surface area (Å²) in [5.41, 5.74) is 2.88. The van der Waals surface area contributed by atoms with Gasteiger partial charge in [-0.15, -0.1) is 0 Å². The Morgan fingerprint density at radius 3 is 2.61 bits per heavy atom. The number of aryl methyl sites for hydroxylation is 1. The van der Waals surface area contributed by atoms with Crippen molar-refractivity contribution in [3.8, 4) is 5.88 Å². The lowest BCUT2D eigenvalue weighted by molar-refractivity contribution is 0.0717. The van der Waals surface area contributed by atoms with Gasteiger partial charge in [0.15, 0.2) is 5.82 Å². The number of methoxy groups -OCH3 is 2. The third kappa shape index (κ3) is 4.27. The first-order chi connectivity index (χ1) is 13.5. The monoisotopic (exact) mass is 387 g/mol. The number of hydrogen-bond acceptors (Lipinski definition) is 6. The summed E-state index contributed by atoms with van der Waals surface area (Å²) in [4.78, 5) is 23.4. The van der Waals surface area contributed by atoms with E-state index in [4.69, 9.17) is 9.47 Å². The van der Waals surface area contributed by atoms with Crippen LogP contribution < -0.4 is 10.1 Å². The highest BCUT2D eigenvalue weighted by molar-refractivity contribution is 5.95. The number of nitrogens with zero attached hydrogens (tertiary/aromatic N) is 4. The summed E-state index contributed by atoms with van der Waals surface area (Å²) >= 11 is 0. The van der Waals surface area contributed by atoms with Gasteiger partial charge in [-0.1, -0.05) is 0 Å². The van der Waals surface area contributed by atoms with Crippen LogP contribution in [-0.4, -0.2) is 65.3 Å². The number of amides is 1. The van der Waals surface area contributed by atoms with E-state index >= 15 is 0 Å². The van der Waals surface area contributed by atoms with E-state index in [1.165, 1.54) is 0 Å². The molecule has 2 aromatic heterocycles. The Kier molecular flexibility index (Phi) is 6.51. The molecule has 8 heteroatoms. The molecule has 1 amide bonds. The zero-order valence-electron chi connectivity index (χ0n) is 17.1. The van der Waals surface area contributed by atoms with Crippen molar-refractivity contribution < 1.29 is 14.3 Å². The second-order valence-corrected chi connectivity index (χ2v) is 7.05. The maximum absolute atomic E-state index is 13.0.